The Hall–Kier alpha value is -0.960. The minimum atomic E-state index is -0.840. The monoisotopic (exact) mass is 212 g/mol. The van der Waals surface area contributed by atoms with Crippen LogP contribution in [0.5, 0.6) is 0 Å². The van der Waals surface area contributed by atoms with Crippen molar-refractivity contribution < 1.29 is 13.9 Å². The van der Waals surface area contributed by atoms with Gasteiger partial charge in [-0.05, 0) is 42.9 Å². The lowest BCUT2D eigenvalue weighted by Gasteiger charge is -2.30. The molecule has 1 nitrogen and oxygen atoms in total. The Balaban J connectivity index is 2.00. The Kier molecular flexibility index (Phi) is 3.00. The highest BCUT2D eigenvalue weighted by atomic mass is 19.2. The molecule has 1 fully saturated rings. The maximum Gasteiger partial charge on any atom is 0.159 e. The number of benzene rings is 1. The van der Waals surface area contributed by atoms with Crippen LogP contribution in [-0.2, 0) is 6.42 Å². The molecule has 15 heavy (non-hydrogen) atoms. The van der Waals surface area contributed by atoms with E-state index < -0.39 is 17.7 Å². The predicted molar refractivity (Wildman–Crippen MR) is 53.4 cm³/mol. The van der Waals surface area contributed by atoms with Crippen molar-refractivity contribution >= 4 is 0 Å². The molecule has 0 amide bonds. The Morgan fingerprint density at radius 3 is 2.53 bits per heavy atom. The molecule has 0 saturated heterocycles. The molecule has 1 aliphatic rings. The Morgan fingerprint density at radius 1 is 1.27 bits per heavy atom. The number of hydrogen-bond donors (Lipinski definition) is 1. The van der Waals surface area contributed by atoms with Crippen LogP contribution >= 0.6 is 0 Å². The molecule has 0 spiro atoms. The average molecular weight is 212 g/mol. The number of aliphatic hydroxyl groups excluding tert-OH is 1. The second-order valence-electron chi connectivity index (χ2n) is 4.21. The van der Waals surface area contributed by atoms with E-state index in [2.05, 4.69) is 0 Å². The smallest absolute Gasteiger partial charge is 0.159 e. The van der Waals surface area contributed by atoms with Crippen LogP contribution in [0.4, 0.5) is 8.78 Å². The maximum absolute atomic E-state index is 12.9. The molecule has 1 aromatic carbocycles. The summed E-state index contributed by atoms with van der Waals surface area (Å²) in [5, 5.41) is 9.77. The lowest BCUT2D eigenvalue weighted by molar-refractivity contribution is 0.0629. The van der Waals surface area contributed by atoms with Crippen molar-refractivity contribution in [1.82, 2.24) is 0 Å². The molecule has 2 rings (SSSR count). The zero-order valence-electron chi connectivity index (χ0n) is 8.42. The maximum atomic E-state index is 12.9. The summed E-state index contributed by atoms with van der Waals surface area (Å²) in [6.45, 7) is 0. The van der Waals surface area contributed by atoms with Crippen molar-refractivity contribution in [2.75, 3.05) is 0 Å². The molecular formula is C12H14F2O. The van der Waals surface area contributed by atoms with Gasteiger partial charge < -0.3 is 5.11 Å². The normalized spacial score (nSPS) is 18.6. The molecule has 0 heterocycles. The van der Waals surface area contributed by atoms with Crippen molar-refractivity contribution in [3.63, 3.8) is 0 Å². The van der Waals surface area contributed by atoms with E-state index in [0.717, 1.165) is 25.0 Å². The number of rotatable bonds is 3. The third-order valence-corrected chi connectivity index (χ3v) is 3.12. The first-order chi connectivity index (χ1) is 7.16. The summed E-state index contributed by atoms with van der Waals surface area (Å²) in [4.78, 5) is 0. The van der Waals surface area contributed by atoms with E-state index in [1.807, 2.05) is 0 Å². The standard InChI is InChI=1S/C12H14F2O/c13-10-5-4-8(6-11(10)14)7-12(15)9-2-1-3-9/h4-6,9,12,15H,1-3,7H2. The van der Waals surface area contributed by atoms with E-state index in [1.165, 1.54) is 12.5 Å². The number of aliphatic hydroxyl groups is 1. The summed E-state index contributed by atoms with van der Waals surface area (Å²) in [6, 6.07) is 3.80. The van der Waals surface area contributed by atoms with Gasteiger partial charge in [0.25, 0.3) is 0 Å². The molecule has 0 aliphatic heterocycles. The van der Waals surface area contributed by atoms with Crippen LogP contribution in [0.2, 0.25) is 0 Å². The van der Waals surface area contributed by atoms with E-state index in [1.54, 1.807) is 0 Å². The van der Waals surface area contributed by atoms with Crippen LogP contribution in [-0.4, -0.2) is 11.2 Å². The highest BCUT2D eigenvalue weighted by Crippen LogP contribution is 2.31. The second-order valence-corrected chi connectivity index (χ2v) is 4.21. The van der Waals surface area contributed by atoms with Crippen molar-refractivity contribution in [3.05, 3.63) is 35.4 Å². The molecule has 1 atom stereocenters. The lowest BCUT2D eigenvalue weighted by Crippen LogP contribution is -2.28. The van der Waals surface area contributed by atoms with Gasteiger partial charge in [0.2, 0.25) is 0 Å². The highest BCUT2D eigenvalue weighted by molar-refractivity contribution is 5.18. The summed E-state index contributed by atoms with van der Waals surface area (Å²) in [7, 11) is 0. The van der Waals surface area contributed by atoms with Gasteiger partial charge in [-0.1, -0.05) is 12.5 Å². The van der Waals surface area contributed by atoms with E-state index in [4.69, 9.17) is 0 Å². The van der Waals surface area contributed by atoms with Crippen molar-refractivity contribution in [2.24, 2.45) is 5.92 Å². The summed E-state index contributed by atoms with van der Waals surface area (Å²) in [6.07, 6.45) is 3.26. The second kappa shape index (κ2) is 4.27. The van der Waals surface area contributed by atoms with Gasteiger partial charge in [-0.2, -0.15) is 0 Å². The van der Waals surface area contributed by atoms with E-state index in [0.29, 0.717) is 17.9 Å². The first-order valence-electron chi connectivity index (χ1n) is 5.29. The third-order valence-electron chi connectivity index (χ3n) is 3.12. The minimum absolute atomic E-state index is 0.345. The van der Waals surface area contributed by atoms with Gasteiger partial charge in [-0.3, -0.25) is 0 Å². The third kappa shape index (κ3) is 2.34. The minimum Gasteiger partial charge on any atom is -0.392 e. The number of halogens is 2. The zero-order valence-corrected chi connectivity index (χ0v) is 8.42. The fourth-order valence-electron chi connectivity index (χ4n) is 1.90. The molecule has 82 valence electrons. The Labute approximate surface area is 87.7 Å². The lowest BCUT2D eigenvalue weighted by atomic mass is 9.79. The summed E-state index contributed by atoms with van der Waals surface area (Å²) < 4.78 is 25.5. The van der Waals surface area contributed by atoms with Gasteiger partial charge in [-0.25, -0.2) is 8.78 Å². The van der Waals surface area contributed by atoms with Crippen LogP contribution < -0.4 is 0 Å². The fourth-order valence-corrected chi connectivity index (χ4v) is 1.90. The van der Waals surface area contributed by atoms with Gasteiger partial charge in [0, 0.05) is 0 Å². The molecule has 0 aromatic heterocycles. The van der Waals surface area contributed by atoms with Crippen LogP contribution in [0.25, 0.3) is 0 Å². The van der Waals surface area contributed by atoms with Gasteiger partial charge >= 0.3 is 0 Å². The van der Waals surface area contributed by atoms with Crippen LogP contribution in [0.15, 0.2) is 18.2 Å². The van der Waals surface area contributed by atoms with Crippen LogP contribution in [0.1, 0.15) is 24.8 Å². The van der Waals surface area contributed by atoms with Gasteiger partial charge in [0.05, 0.1) is 6.10 Å². The van der Waals surface area contributed by atoms with Gasteiger partial charge in [0.1, 0.15) is 0 Å². The van der Waals surface area contributed by atoms with Crippen molar-refractivity contribution in [3.8, 4) is 0 Å². The Morgan fingerprint density at radius 2 is 2.00 bits per heavy atom. The molecule has 1 unspecified atom stereocenters. The van der Waals surface area contributed by atoms with E-state index >= 15 is 0 Å². The quantitative estimate of drug-likeness (QED) is 0.816. The molecular weight excluding hydrogens is 198 g/mol. The van der Waals surface area contributed by atoms with E-state index in [9.17, 15) is 13.9 Å². The zero-order chi connectivity index (χ0) is 10.8. The summed E-state index contributed by atoms with van der Waals surface area (Å²) in [5.41, 5.74) is 0.660. The fraction of sp³-hybridized carbons (Fsp3) is 0.500. The van der Waals surface area contributed by atoms with Gasteiger partial charge in [0.15, 0.2) is 11.6 Å². The summed E-state index contributed by atoms with van der Waals surface area (Å²) >= 11 is 0. The largest absolute Gasteiger partial charge is 0.392 e. The van der Waals surface area contributed by atoms with E-state index in [-0.39, 0.29) is 0 Å². The first kappa shape index (κ1) is 10.6. The van der Waals surface area contributed by atoms with Crippen molar-refractivity contribution in [1.29, 1.82) is 0 Å². The number of hydrogen-bond acceptors (Lipinski definition) is 1. The van der Waals surface area contributed by atoms with Crippen LogP contribution in [0, 0.1) is 17.6 Å². The molecule has 1 saturated carbocycles. The molecule has 1 aliphatic carbocycles. The molecule has 3 heteroatoms. The first-order valence-corrected chi connectivity index (χ1v) is 5.29. The predicted octanol–water partition coefficient (Wildman–Crippen LogP) is 2.67. The highest BCUT2D eigenvalue weighted by Gasteiger charge is 2.25. The van der Waals surface area contributed by atoms with Crippen LogP contribution in [0.3, 0.4) is 0 Å². The molecule has 1 N–H and O–H groups in total. The molecule has 0 radical (unpaired) electrons. The summed E-state index contributed by atoms with van der Waals surface area (Å²) in [5.74, 6) is -1.33. The van der Waals surface area contributed by atoms with Gasteiger partial charge in [-0.15, -0.1) is 0 Å². The Bertz CT molecular complexity index is 347. The van der Waals surface area contributed by atoms with Crippen molar-refractivity contribution in [2.45, 2.75) is 31.8 Å². The average Bonchev–Trinajstić information content (AvgIpc) is 2.08. The topological polar surface area (TPSA) is 20.2 Å². The molecule has 1 aromatic rings. The molecule has 0 bridgehead atoms. The SMILES string of the molecule is OC(Cc1ccc(F)c(F)c1)C1CCC1.